The van der Waals surface area contributed by atoms with E-state index in [4.69, 9.17) is 0 Å². The molecule has 0 aliphatic heterocycles. The summed E-state index contributed by atoms with van der Waals surface area (Å²) in [4.78, 5) is 0. The largest absolute Gasteiger partial charge is 1.00 e. The topological polar surface area (TPSA) is 0 Å². The predicted octanol–water partition coefficient (Wildman–Crippen LogP) is -3.27. The molecule has 14 valence electrons. The van der Waals surface area contributed by atoms with E-state index < -0.39 is 0 Å². The summed E-state index contributed by atoms with van der Waals surface area (Å²) in [6, 6.07) is 0. The van der Waals surface area contributed by atoms with E-state index in [1.807, 2.05) is 0 Å². The van der Waals surface area contributed by atoms with Gasteiger partial charge in [-0.1, -0.05) is 0 Å². The summed E-state index contributed by atoms with van der Waals surface area (Å²) in [5.74, 6) is 0. The van der Waals surface area contributed by atoms with Crippen LogP contribution in [0.2, 0.25) is 0 Å². The van der Waals surface area contributed by atoms with E-state index in [-0.39, 0.29) is 69.0 Å². The Hall–Kier alpha value is 1.96. The number of hydrogen-bond donors (Lipinski definition) is 0. The zero-order chi connectivity index (χ0) is 0. The average Bonchev–Trinajstić information content (AvgIpc) is 0. The van der Waals surface area contributed by atoms with Crippen LogP contribution in [0.5, 0.6) is 0 Å². The van der Waals surface area contributed by atoms with Gasteiger partial charge in [0.15, 0.2) is 0 Å². The van der Waals surface area contributed by atoms with E-state index in [9.17, 15) is 0 Å². The van der Waals surface area contributed by atoms with Gasteiger partial charge in [0, 0.05) is 48.7 Å². The molecule has 0 saturated carbocycles. The van der Waals surface area contributed by atoms with Gasteiger partial charge in [0.25, 0.3) is 0 Å². The fourth-order valence-corrected chi connectivity index (χ4v) is 0. The van der Waals surface area contributed by atoms with Crippen molar-refractivity contribution in [3.63, 3.8) is 0 Å². The van der Waals surface area contributed by atoms with Crippen molar-refractivity contribution in [2.24, 2.45) is 0 Å². The fourth-order valence-electron chi connectivity index (χ4n) is 0. The monoisotopic (exact) mass is 118 g/mol. The van der Waals surface area contributed by atoms with Gasteiger partial charge in [0.05, 0.1) is 0 Å². The van der Waals surface area contributed by atoms with Crippen LogP contribution in [-0.4, -0.2) is 8.41 Å². The summed E-state index contributed by atoms with van der Waals surface area (Å²) in [7, 11) is 0. The van der Waals surface area contributed by atoms with Gasteiger partial charge in [-0.25, -0.2) is 0 Å². The van der Waals surface area contributed by atoms with E-state index in [1.165, 1.54) is 0 Å². The zero-order valence-corrected chi connectivity index (χ0v) is 5.48. The minimum atomic E-state index is 0. The molecule has 0 rings (SSSR count). The average molecular weight is 118 g/mol. The zero-order valence-electron chi connectivity index (χ0n) is 3.52. The smallest absolute Gasteiger partial charge is 1.00 e. The van der Waals surface area contributed by atoms with Gasteiger partial charge < -0.3 is 1.43 Å². The molecule has 0 N–H and O–H groups in total. The maximum Gasteiger partial charge on any atom is 1.00 e. The Kier molecular flexibility index (Phi) is 193. The molecular weight excluding hydrogens is 117 g/mol. The van der Waals surface area contributed by atoms with Crippen molar-refractivity contribution in [1.82, 2.24) is 0 Å². The Bertz CT molecular complexity index is 11.6. The van der Waals surface area contributed by atoms with Crippen LogP contribution in [-0.2, 0) is 40.3 Å². The minimum Gasteiger partial charge on any atom is -1.00 e. The van der Waals surface area contributed by atoms with E-state index in [0.29, 0.717) is 0 Å². The molecule has 0 amide bonds. The molecule has 0 spiro atoms. The molecule has 0 bridgehead atoms. The van der Waals surface area contributed by atoms with Crippen molar-refractivity contribution in [2.45, 2.75) is 0 Å². The maximum atomic E-state index is 0. The van der Waals surface area contributed by atoms with E-state index in [2.05, 4.69) is 0 Å². The first-order valence-electron chi connectivity index (χ1n) is 0. The second-order valence-electron chi connectivity index (χ2n) is 0. The molecule has 4 heavy (non-hydrogen) atoms. The van der Waals surface area contributed by atoms with Crippen LogP contribution in [0.1, 0.15) is 1.43 Å². The van der Waals surface area contributed by atoms with Crippen molar-refractivity contribution in [3.8, 4) is 0 Å². The summed E-state index contributed by atoms with van der Waals surface area (Å²) in [6.45, 7) is 0. The van der Waals surface area contributed by atoms with E-state index in [0.717, 1.165) is 0 Å². The maximum absolute atomic E-state index is 0. The molecule has 4 radical (unpaired) electrons. The molecule has 0 aliphatic rings. The van der Waals surface area contributed by atoms with Crippen LogP contribution in [0.15, 0.2) is 0 Å². The van der Waals surface area contributed by atoms with Crippen LogP contribution < -0.4 is 18.9 Å². The van der Waals surface area contributed by atoms with Crippen LogP contribution in [0.25, 0.3) is 0 Å². The van der Waals surface area contributed by atoms with Gasteiger partial charge in [0.2, 0.25) is 0 Å². The Labute approximate surface area is 68.5 Å². The van der Waals surface area contributed by atoms with Crippen molar-refractivity contribution >= 4 is 8.41 Å². The Morgan fingerprint density at radius 2 is 1.25 bits per heavy atom. The predicted molar refractivity (Wildman–Crippen MR) is 6.87 cm³/mol. The first-order valence-corrected chi connectivity index (χ1v) is 0. The van der Waals surface area contributed by atoms with Crippen molar-refractivity contribution in [1.29, 1.82) is 0 Å². The van der Waals surface area contributed by atoms with Gasteiger partial charge in [-0.3, -0.25) is 0 Å². The first-order chi connectivity index (χ1) is 0. The third kappa shape index (κ3) is 9.03. The van der Waals surface area contributed by atoms with Gasteiger partial charge in [0.1, 0.15) is 0 Å². The number of rotatable bonds is 0. The third-order valence-corrected chi connectivity index (χ3v) is 0. The van der Waals surface area contributed by atoms with Gasteiger partial charge >= 0.3 is 18.9 Å². The standard InChI is InChI=1S/B.Li.Ti.V.H/q;+1;;;-1. The summed E-state index contributed by atoms with van der Waals surface area (Å²) in [5, 5.41) is 0. The Morgan fingerprint density at radius 1 is 1.25 bits per heavy atom. The summed E-state index contributed by atoms with van der Waals surface area (Å²) in [5.41, 5.74) is 0. The molecule has 0 aromatic carbocycles. The van der Waals surface area contributed by atoms with Crippen molar-refractivity contribution < 1.29 is 60.6 Å². The van der Waals surface area contributed by atoms with Crippen LogP contribution in [0, 0.1) is 0 Å². The molecule has 0 unspecified atom stereocenters. The Morgan fingerprint density at radius 3 is 1.25 bits per heavy atom. The third-order valence-electron chi connectivity index (χ3n) is 0. The molecule has 0 heterocycles. The normalized spacial score (nSPS) is 0. The fraction of sp³-hybridized carbons (Fsp3) is 0. The molecule has 0 fully saturated rings. The SMILES string of the molecule is [B].[H-].[Li+].[Ti].[V]. The second kappa shape index (κ2) is 20.2. The molecule has 0 aliphatic carbocycles. The Balaban J connectivity index is 0. The van der Waals surface area contributed by atoms with Gasteiger partial charge in [-0.05, 0) is 0 Å². The molecule has 0 saturated heterocycles. The summed E-state index contributed by atoms with van der Waals surface area (Å²) >= 11 is 0. The van der Waals surface area contributed by atoms with Gasteiger partial charge in [-0.2, -0.15) is 0 Å². The van der Waals surface area contributed by atoms with Crippen LogP contribution in [0.4, 0.5) is 0 Å². The number of hydrogen-bond acceptors (Lipinski definition) is 0. The first kappa shape index (κ1) is 38.2. The molecular formula is HBLiTiV. The van der Waals surface area contributed by atoms with Crippen molar-refractivity contribution in [2.75, 3.05) is 0 Å². The summed E-state index contributed by atoms with van der Waals surface area (Å²) < 4.78 is 0. The molecule has 4 heteroatoms. The second-order valence-corrected chi connectivity index (χ2v) is 0. The van der Waals surface area contributed by atoms with Crippen LogP contribution in [0.3, 0.4) is 0 Å². The molecule has 0 atom stereocenters. The van der Waals surface area contributed by atoms with Crippen molar-refractivity contribution in [3.05, 3.63) is 0 Å². The quantitative estimate of drug-likeness (QED) is 0.292. The van der Waals surface area contributed by atoms with Crippen LogP contribution >= 0.6 is 0 Å². The molecule has 0 nitrogen and oxygen atoms in total. The molecule has 0 aromatic heterocycles. The van der Waals surface area contributed by atoms with Gasteiger partial charge in [-0.15, -0.1) is 0 Å². The van der Waals surface area contributed by atoms with E-state index >= 15 is 0 Å². The minimum absolute atomic E-state index is 0. The molecule has 0 aromatic rings. The summed E-state index contributed by atoms with van der Waals surface area (Å²) in [6.07, 6.45) is 0. The van der Waals surface area contributed by atoms with E-state index in [1.54, 1.807) is 0 Å².